The van der Waals surface area contributed by atoms with Crippen LogP contribution in [0.3, 0.4) is 0 Å². The Hall–Kier alpha value is -3.55. The summed E-state index contributed by atoms with van der Waals surface area (Å²) < 4.78 is 34.0. The molecule has 31 heavy (non-hydrogen) atoms. The van der Waals surface area contributed by atoms with Gasteiger partial charge in [-0.1, -0.05) is 66.7 Å². The third kappa shape index (κ3) is 3.81. The maximum atomic E-state index is 12.1. The number of aryl methyl sites for hydroxylation is 2. The fourth-order valence-corrected chi connectivity index (χ4v) is 4.57. The molecule has 0 fully saturated rings. The maximum absolute atomic E-state index is 12.1. The minimum absolute atomic E-state index is 0.118. The van der Waals surface area contributed by atoms with E-state index in [1.807, 2.05) is 66.7 Å². The van der Waals surface area contributed by atoms with Crippen LogP contribution in [0.5, 0.6) is 0 Å². The van der Waals surface area contributed by atoms with Gasteiger partial charge in [-0.25, -0.2) is 0 Å². The number of fused-ring (bicyclic) bond motifs is 3. The monoisotopic (exact) mass is 429 g/mol. The zero-order valence-corrected chi connectivity index (χ0v) is 17.3. The zero-order chi connectivity index (χ0) is 21.4. The second-order valence-corrected chi connectivity index (χ2v) is 8.79. The first kappa shape index (κ1) is 19.4. The van der Waals surface area contributed by atoms with Gasteiger partial charge in [-0.05, 0) is 47.6 Å². The van der Waals surface area contributed by atoms with Crippen molar-refractivity contribution >= 4 is 31.9 Å². The van der Waals surface area contributed by atoms with Gasteiger partial charge in [0.05, 0.1) is 10.6 Å². The van der Waals surface area contributed by atoms with Crippen molar-refractivity contribution in [2.45, 2.75) is 17.7 Å². The Labute approximate surface area is 179 Å². The average Bonchev–Trinajstić information content (AvgIpc) is 3.23. The van der Waals surface area contributed by atoms with Gasteiger partial charge in [-0.15, -0.1) is 10.2 Å². The summed E-state index contributed by atoms with van der Waals surface area (Å²) in [6.07, 6.45) is 1.15. The molecule has 1 N–H and O–H groups in total. The molecule has 0 radical (unpaired) electrons. The summed E-state index contributed by atoms with van der Waals surface area (Å²) in [5, 5.41) is 11.1. The van der Waals surface area contributed by atoms with E-state index in [1.54, 1.807) is 12.1 Å². The number of benzene rings is 4. The van der Waals surface area contributed by atoms with Crippen molar-refractivity contribution in [1.82, 2.24) is 15.0 Å². The molecule has 1 heterocycles. The maximum Gasteiger partial charge on any atom is 0.294 e. The third-order valence-electron chi connectivity index (χ3n) is 5.36. The molecule has 0 amide bonds. The normalized spacial score (nSPS) is 11.9. The fraction of sp³-hybridized carbons (Fsp3) is 0.0833. The van der Waals surface area contributed by atoms with Crippen LogP contribution in [0.15, 0.2) is 89.8 Å². The van der Waals surface area contributed by atoms with E-state index in [9.17, 15) is 13.0 Å². The van der Waals surface area contributed by atoms with Crippen molar-refractivity contribution in [3.05, 3.63) is 96.1 Å². The number of hydrogen-bond acceptors (Lipinski definition) is 4. The Bertz CT molecular complexity index is 1510. The molecule has 0 bridgehead atoms. The summed E-state index contributed by atoms with van der Waals surface area (Å²) in [4.78, 5) is 1.29. The summed E-state index contributed by atoms with van der Waals surface area (Å²) in [5.41, 5.74) is 3.56. The Kier molecular flexibility index (Phi) is 4.77. The summed E-state index contributed by atoms with van der Waals surface area (Å²) >= 11 is 0. The number of nitrogens with zero attached hydrogens (tertiary/aromatic N) is 3. The van der Waals surface area contributed by atoms with Gasteiger partial charge in [0, 0.05) is 5.39 Å². The molecule has 0 unspecified atom stereocenters. The minimum atomic E-state index is -4.40. The highest BCUT2D eigenvalue weighted by atomic mass is 32.2. The van der Waals surface area contributed by atoms with E-state index in [1.165, 1.54) is 10.9 Å². The van der Waals surface area contributed by atoms with Crippen LogP contribution in [-0.2, 0) is 23.0 Å². The Morgan fingerprint density at radius 1 is 0.806 bits per heavy atom. The molecule has 0 aliphatic rings. The second kappa shape index (κ2) is 7.61. The molecule has 6 nitrogen and oxygen atoms in total. The zero-order valence-electron chi connectivity index (χ0n) is 16.5. The molecule has 7 heteroatoms. The molecule has 0 spiro atoms. The first-order chi connectivity index (χ1) is 15.0. The van der Waals surface area contributed by atoms with Crippen LogP contribution in [0.25, 0.3) is 27.5 Å². The third-order valence-corrected chi connectivity index (χ3v) is 6.30. The molecule has 154 valence electrons. The van der Waals surface area contributed by atoms with Crippen LogP contribution < -0.4 is 0 Å². The molecule has 0 atom stereocenters. The van der Waals surface area contributed by atoms with Crippen LogP contribution in [0.4, 0.5) is 0 Å². The van der Waals surface area contributed by atoms with E-state index in [-0.39, 0.29) is 4.90 Å². The van der Waals surface area contributed by atoms with Crippen LogP contribution in [0.2, 0.25) is 0 Å². The standard InChI is InChI=1S/C24H19N3O3S/c28-31(29,30)23-16-20(14-12-19(23)11-10-17-6-2-1-3-7-17)27-25-22-15-13-18-8-4-5-9-21(18)24(22)26-27/h1-9,12-16H,10-11H2,(H,28,29,30). The smallest absolute Gasteiger partial charge is 0.282 e. The summed E-state index contributed by atoms with van der Waals surface area (Å²) in [5.74, 6) is 0. The summed E-state index contributed by atoms with van der Waals surface area (Å²) in [6, 6.07) is 26.5. The van der Waals surface area contributed by atoms with Crippen molar-refractivity contribution in [3.8, 4) is 5.69 Å². The van der Waals surface area contributed by atoms with Gasteiger partial charge in [0.15, 0.2) is 0 Å². The molecule has 4 aromatic carbocycles. The first-order valence-corrected chi connectivity index (χ1v) is 11.3. The number of hydrogen-bond donors (Lipinski definition) is 1. The molecule has 0 aliphatic carbocycles. The van der Waals surface area contributed by atoms with Crippen molar-refractivity contribution in [2.24, 2.45) is 0 Å². The van der Waals surface area contributed by atoms with E-state index < -0.39 is 10.1 Å². The largest absolute Gasteiger partial charge is 0.294 e. The van der Waals surface area contributed by atoms with Gasteiger partial charge in [0.1, 0.15) is 11.0 Å². The molecule has 0 aliphatic heterocycles. The highest BCUT2D eigenvalue weighted by Crippen LogP contribution is 2.25. The topological polar surface area (TPSA) is 85.1 Å². The van der Waals surface area contributed by atoms with Gasteiger partial charge in [0.25, 0.3) is 10.1 Å². The lowest BCUT2D eigenvalue weighted by atomic mass is 10.0. The lowest BCUT2D eigenvalue weighted by molar-refractivity contribution is 0.482. The Morgan fingerprint density at radius 2 is 1.58 bits per heavy atom. The quantitative estimate of drug-likeness (QED) is 0.413. The predicted molar refractivity (Wildman–Crippen MR) is 120 cm³/mol. The number of aromatic nitrogens is 3. The minimum Gasteiger partial charge on any atom is -0.282 e. The van der Waals surface area contributed by atoms with Gasteiger partial charge >= 0.3 is 0 Å². The number of rotatable bonds is 5. The van der Waals surface area contributed by atoms with Gasteiger partial charge in [0.2, 0.25) is 0 Å². The van der Waals surface area contributed by atoms with E-state index in [2.05, 4.69) is 10.2 Å². The van der Waals surface area contributed by atoms with Crippen molar-refractivity contribution in [1.29, 1.82) is 0 Å². The SMILES string of the molecule is O=S(=O)(O)c1cc(-n2nc3ccc4ccccc4c3n2)ccc1CCc1ccccc1. The van der Waals surface area contributed by atoms with E-state index in [4.69, 9.17) is 0 Å². The van der Waals surface area contributed by atoms with Gasteiger partial charge in [-0.2, -0.15) is 13.2 Å². The van der Waals surface area contributed by atoms with Crippen LogP contribution in [-0.4, -0.2) is 28.0 Å². The molecular weight excluding hydrogens is 410 g/mol. The van der Waals surface area contributed by atoms with Crippen LogP contribution in [0, 0.1) is 0 Å². The summed E-state index contributed by atoms with van der Waals surface area (Å²) in [7, 11) is -4.40. The highest BCUT2D eigenvalue weighted by molar-refractivity contribution is 7.85. The molecule has 5 aromatic rings. The molecule has 0 saturated heterocycles. The lowest BCUT2D eigenvalue weighted by Gasteiger charge is -2.09. The van der Waals surface area contributed by atoms with Crippen LogP contribution in [0.1, 0.15) is 11.1 Å². The molecule has 1 aromatic heterocycles. The molecule has 0 saturated carbocycles. The van der Waals surface area contributed by atoms with E-state index in [0.717, 1.165) is 21.9 Å². The van der Waals surface area contributed by atoms with Crippen molar-refractivity contribution in [3.63, 3.8) is 0 Å². The Balaban J connectivity index is 1.56. The molecular formula is C24H19N3O3S. The van der Waals surface area contributed by atoms with Crippen molar-refractivity contribution < 1.29 is 13.0 Å². The Morgan fingerprint density at radius 3 is 2.39 bits per heavy atom. The summed E-state index contributed by atoms with van der Waals surface area (Å²) in [6.45, 7) is 0. The lowest BCUT2D eigenvalue weighted by Crippen LogP contribution is -2.07. The fourth-order valence-electron chi connectivity index (χ4n) is 3.80. The van der Waals surface area contributed by atoms with E-state index in [0.29, 0.717) is 29.6 Å². The van der Waals surface area contributed by atoms with Crippen molar-refractivity contribution in [2.75, 3.05) is 0 Å². The average molecular weight is 430 g/mol. The van der Waals surface area contributed by atoms with E-state index >= 15 is 0 Å². The first-order valence-electron chi connectivity index (χ1n) is 9.88. The highest BCUT2D eigenvalue weighted by Gasteiger charge is 2.18. The second-order valence-electron chi connectivity index (χ2n) is 7.40. The predicted octanol–water partition coefficient (Wildman–Crippen LogP) is 4.61. The van der Waals surface area contributed by atoms with Gasteiger partial charge < -0.3 is 0 Å². The molecule has 5 rings (SSSR count). The van der Waals surface area contributed by atoms with Crippen LogP contribution >= 0.6 is 0 Å². The van der Waals surface area contributed by atoms with Gasteiger partial charge in [-0.3, -0.25) is 4.55 Å².